The second kappa shape index (κ2) is 8.56. The standard InChI is InChI=1S/C23H27N3O5/c1-4-30-12-31-17-8-14-5-6-16(7-15(14)9-17)26-22(24-25-23(26)29)19-10-18(13(2)3)20(27)11-21(19)28/h5-7,10-11,13,17,27-28H,4,8-9,12H2,1-3H3,(H,25,29). The normalized spacial score (nSPS) is 15.5. The van der Waals surface area contributed by atoms with Crippen LogP contribution in [0.4, 0.5) is 0 Å². The van der Waals surface area contributed by atoms with Gasteiger partial charge < -0.3 is 19.7 Å². The molecule has 0 amide bonds. The molecule has 4 rings (SSSR count). The number of nitrogens with one attached hydrogen (secondary N) is 1. The highest BCUT2D eigenvalue weighted by Gasteiger charge is 2.24. The summed E-state index contributed by atoms with van der Waals surface area (Å²) >= 11 is 0. The number of rotatable bonds is 7. The number of benzene rings is 2. The lowest BCUT2D eigenvalue weighted by molar-refractivity contribution is -0.0824. The maximum Gasteiger partial charge on any atom is 0.348 e. The first kappa shape index (κ1) is 21.1. The Hall–Kier alpha value is -3.10. The van der Waals surface area contributed by atoms with E-state index in [9.17, 15) is 15.0 Å². The Labute approximate surface area is 180 Å². The highest BCUT2D eigenvalue weighted by Crippen LogP contribution is 2.37. The Morgan fingerprint density at radius 3 is 2.68 bits per heavy atom. The van der Waals surface area contributed by atoms with Crippen molar-refractivity contribution in [3.63, 3.8) is 0 Å². The molecular formula is C23H27N3O5. The van der Waals surface area contributed by atoms with Gasteiger partial charge in [0.25, 0.3) is 0 Å². The van der Waals surface area contributed by atoms with Crippen molar-refractivity contribution in [2.75, 3.05) is 13.4 Å². The Morgan fingerprint density at radius 2 is 1.94 bits per heavy atom. The van der Waals surface area contributed by atoms with Crippen LogP contribution in [0, 0.1) is 0 Å². The summed E-state index contributed by atoms with van der Waals surface area (Å²) in [7, 11) is 0. The predicted octanol–water partition coefficient (Wildman–Crippen LogP) is 3.24. The molecule has 31 heavy (non-hydrogen) atoms. The van der Waals surface area contributed by atoms with Crippen LogP contribution >= 0.6 is 0 Å². The Morgan fingerprint density at radius 1 is 1.16 bits per heavy atom. The Kier molecular flexibility index (Phi) is 5.84. The molecule has 8 heteroatoms. The van der Waals surface area contributed by atoms with Crippen LogP contribution in [0.2, 0.25) is 0 Å². The summed E-state index contributed by atoms with van der Waals surface area (Å²) in [5, 5.41) is 27.3. The van der Waals surface area contributed by atoms with Crippen LogP contribution in [0.5, 0.6) is 11.5 Å². The summed E-state index contributed by atoms with van der Waals surface area (Å²) in [5.74, 6) is 0.183. The third-order valence-electron chi connectivity index (χ3n) is 5.61. The van der Waals surface area contributed by atoms with Crippen LogP contribution in [-0.4, -0.2) is 44.5 Å². The van der Waals surface area contributed by atoms with Crippen molar-refractivity contribution in [1.82, 2.24) is 14.8 Å². The van der Waals surface area contributed by atoms with Crippen LogP contribution in [0.1, 0.15) is 43.4 Å². The molecule has 1 unspecified atom stereocenters. The summed E-state index contributed by atoms with van der Waals surface area (Å²) in [6, 6.07) is 8.78. The molecule has 0 saturated carbocycles. The number of phenolic OH excluding ortho intramolecular Hbond substituents is 2. The summed E-state index contributed by atoms with van der Waals surface area (Å²) in [6.07, 6.45) is 1.58. The summed E-state index contributed by atoms with van der Waals surface area (Å²) in [5.41, 5.74) is 3.57. The second-order valence-corrected chi connectivity index (χ2v) is 8.03. The molecule has 2 aromatic carbocycles. The lowest BCUT2D eigenvalue weighted by Crippen LogP contribution is -2.16. The SMILES string of the molecule is CCOCOC1Cc2ccc(-n3c(-c4cc(C(C)C)c(O)cc4O)n[nH]c3=O)cc2C1. The summed E-state index contributed by atoms with van der Waals surface area (Å²) in [4.78, 5) is 12.6. The number of aromatic amines is 1. The van der Waals surface area contributed by atoms with Gasteiger partial charge in [0.05, 0.1) is 17.4 Å². The molecule has 3 aromatic rings. The Bertz CT molecular complexity index is 1150. The molecule has 1 aliphatic rings. The van der Waals surface area contributed by atoms with Gasteiger partial charge in [0.1, 0.15) is 18.3 Å². The van der Waals surface area contributed by atoms with Gasteiger partial charge in [-0.25, -0.2) is 14.5 Å². The van der Waals surface area contributed by atoms with Gasteiger partial charge in [0, 0.05) is 12.7 Å². The van der Waals surface area contributed by atoms with Gasteiger partial charge >= 0.3 is 5.69 Å². The van der Waals surface area contributed by atoms with Crippen molar-refractivity contribution in [1.29, 1.82) is 0 Å². The molecule has 8 nitrogen and oxygen atoms in total. The fraction of sp³-hybridized carbons (Fsp3) is 0.391. The zero-order valence-corrected chi connectivity index (χ0v) is 17.9. The van der Waals surface area contributed by atoms with Crippen LogP contribution < -0.4 is 5.69 Å². The minimum Gasteiger partial charge on any atom is -0.508 e. The lowest BCUT2D eigenvalue weighted by atomic mass is 9.98. The van der Waals surface area contributed by atoms with Crippen molar-refractivity contribution in [2.45, 2.75) is 45.6 Å². The first-order valence-electron chi connectivity index (χ1n) is 10.4. The highest BCUT2D eigenvalue weighted by atomic mass is 16.7. The molecule has 0 bridgehead atoms. The van der Waals surface area contributed by atoms with E-state index in [0.29, 0.717) is 23.4 Å². The quantitative estimate of drug-likeness (QED) is 0.396. The zero-order valence-electron chi connectivity index (χ0n) is 17.9. The van der Waals surface area contributed by atoms with Gasteiger partial charge in [-0.2, -0.15) is 5.10 Å². The molecule has 0 spiro atoms. The van der Waals surface area contributed by atoms with Crippen molar-refractivity contribution in [2.24, 2.45) is 0 Å². The van der Waals surface area contributed by atoms with Crippen molar-refractivity contribution >= 4 is 0 Å². The van der Waals surface area contributed by atoms with Crippen LogP contribution in [0.3, 0.4) is 0 Å². The summed E-state index contributed by atoms with van der Waals surface area (Å²) < 4.78 is 12.5. The number of aromatic hydroxyl groups is 2. The minimum absolute atomic E-state index is 0.0105. The summed E-state index contributed by atoms with van der Waals surface area (Å²) in [6.45, 7) is 6.69. The number of aromatic nitrogens is 3. The van der Waals surface area contributed by atoms with Crippen molar-refractivity contribution in [3.05, 3.63) is 57.5 Å². The average Bonchev–Trinajstić information content (AvgIpc) is 3.30. The molecule has 0 radical (unpaired) electrons. The van der Waals surface area contributed by atoms with E-state index in [-0.39, 0.29) is 36.1 Å². The average molecular weight is 425 g/mol. The lowest BCUT2D eigenvalue weighted by Gasteiger charge is -2.13. The first-order valence-corrected chi connectivity index (χ1v) is 10.4. The largest absolute Gasteiger partial charge is 0.508 e. The molecular weight excluding hydrogens is 398 g/mol. The van der Waals surface area contributed by atoms with E-state index >= 15 is 0 Å². The fourth-order valence-corrected chi connectivity index (χ4v) is 4.00. The van der Waals surface area contributed by atoms with Gasteiger partial charge in [-0.3, -0.25) is 0 Å². The monoisotopic (exact) mass is 425 g/mol. The molecule has 0 saturated heterocycles. The van der Waals surface area contributed by atoms with E-state index in [0.717, 1.165) is 18.4 Å². The third kappa shape index (κ3) is 4.08. The van der Waals surface area contributed by atoms with E-state index in [1.807, 2.05) is 39.0 Å². The van der Waals surface area contributed by atoms with E-state index in [1.54, 1.807) is 6.07 Å². The second-order valence-electron chi connectivity index (χ2n) is 8.03. The molecule has 3 N–H and O–H groups in total. The van der Waals surface area contributed by atoms with Gasteiger partial charge in [0.2, 0.25) is 0 Å². The number of nitrogens with zero attached hydrogens (tertiary/aromatic N) is 2. The number of hydrogen-bond donors (Lipinski definition) is 3. The topological polar surface area (TPSA) is 110 Å². The van der Waals surface area contributed by atoms with Crippen molar-refractivity contribution in [3.8, 4) is 28.6 Å². The van der Waals surface area contributed by atoms with Crippen LogP contribution in [0.15, 0.2) is 35.1 Å². The van der Waals surface area contributed by atoms with Crippen LogP contribution in [0.25, 0.3) is 17.1 Å². The van der Waals surface area contributed by atoms with Gasteiger partial charge in [-0.1, -0.05) is 19.9 Å². The van der Waals surface area contributed by atoms with Crippen LogP contribution in [-0.2, 0) is 22.3 Å². The van der Waals surface area contributed by atoms with E-state index in [4.69, 9.17) is 9.47 Å². The first-order chi connectivity index (χ1) is 14.9. The van der Waals surface area contributed by atoms with E-state index in [1.165, 1.54) is 16.2 Å². The van der Waals surface area contributed by atoms with Gasteiger partial charge in [0.15, 0.2) is 5.82 Å². The molecule has 0 fully saturated rings. The smallest absolute Gasteiger partial charge is 0.348 e. The van der Waals surface area contributed by atoms with E-state index in [2.05, 4.69) is 10.2 Å². The number of H-pyrrole nitrogens is 1. The Balaban J connectivity index is 1.70. The minimum atomic E-state index is -0.407. The maximum atomic E-state index is 12.6. The van der Waals surface area contributed by atoms with E-state index < -0.39 is 5.69 Å². The highest BCUT2D eigenvalue weighted by molar-refractivity contribution is 5.69. The molecule has 164 valence electrons. The molecule has 1 heterocycles. The number of hydrogen-bond acceptors (Lipinski definition) is 6. The molecule has 1 atom stereocenters. The number of phenols is 2. The van der Waals surface area contributed by atoms with Crippen molar-refractivity contribution < 1.29 is 19.7 Å². The predicted molar refractivity (Wildman–Crippen MR) is 116 cm³/mol. The third-order valence-corrected chi connectivity index (χ3v) is 5.61. The molecule has 0 aliphatic heterocycles. The fourth-order valence-electron chi connectivity index (χ4n) is 4.00. The number of fused-ring (bicyclic) bond motifs is 1. The van der Waals surface area contributed by atoms with Gasteiger partial charge in [-0.05, 0) is 60.6 Å². The van der Waals surface area contributed by atoms with Gasteiger partial charge in [-0.15, -0.1) is 0 Å². The molecule has 1 aromatic heterocycles. The maximum absolute atomic E-state index is 12.6. The number of ether oxygens (including phenoxy) is 2. The molecule has 1 aliphatic carbocycles. The zero-order chi connectivity index (χ0) is 22.1.